The monoisotopic (exact) mass is 556 g/mol. The van der Waals surface area contributed by atoms with Crippen molar-refractivity contribution in [2.24, 2.45) is 35.1 Å². The number of piperidine rings is 1. The Balaban J connectivity index is 0.00000308. The highest BCUT2D eigenvalue weighted by atomic mass is 35.5. The Morgan fingerprint density at radius 2 is 1.56 bits per heavy atom. The first kappa shape index (κ1) is 27.6. The molecule has 5 N–H and O–H groups in total. The van der Waals surface area contributed by atoms with Crippen LogP contribution in [0.5, 0.6) is 0 Å². The lowest BCUT2D eigenvalue weighted by atomic mass is 10.0. The molecule has 4 aliphatic rings. The van der Waals surface area contributed by atoms with Crippen molar-refractivity contribution >= 4 is 30.2 Å². The Labute approximate surface area is 233 Å². The Kier molecular flexibility index (Phi) is 7.21. The second kappa shape index (κ2) is 10.2. The largest absolute Gasteiger partial charge is 0.354 e. The van der Waals surface area contributed by atoms with Crippen LogP contribution in [0, 0.1) is 23.7 Å². The number of urea groups is 1. The lowest BCUT2D eigenvalue weighted by molar-refractivity contribution is -0.135. The minimum atomic E-state index is -0.896. The van der Waals surface area contributed by atoms with E-state index < -0.39 is 11.2 Å². The molecule has 1 saturated carbocycles. The van der Waals surface area contributed by atoms with Crippen molar-refractivity contribution in [3.05, 3.63) is 52.6 Å². The fourth-order valence-electron chi connectivity index (χ4n) is 6.40. The van der Waals surface area contributed by atoms with Gasteiger partial charge in [-0.2, -0.15) is 4.98 Å². The number of anilines is 1. The molecule has 12 heteroatoms. The van der Waals surface area contributed by atoms with Gasteiger partial charge in [0.1, 0.15) is 5.82 Å². The van der Waals surface area contributed by atoms with E-state index in [1.165, 1.54) is 10.1 Å². The summed E-state index contributed by atoms with van der Waals surface area (Å²) in [5, 5.41) is 2.76. The van der Waals surface area contributed by atoms with E-state index in [0.717, 1.165) is 25.3 Å². The second-order valence-electron chi connectivity index (χ2n) is 12.0. The van der Waals surface area contributed by atoms with Crippen LogP contribution >= 0.6 is 12.4 Å². The summed E-state index contributed by atoms with van der Waals surface area (Å²) in [6, 6.07) is 9.65. The van der Waals surface area contributed by atoms with Crippen molar-refractivity contribution in [1.29, 1.82) is 0 Å². The molecule has 2 unspecified atom stereocenters. The lowest BCUT2D eigenvalue weighted by Gasteiger charge is -2.27. The van der Waals surface area contributed by atoms with Crippen LogP contribution in [0.3, 0.4) is 0 Å². The molecule has 1 aliphatic carbocycles. The molecule has 0 bridgehead atoms. The molecule has 2 aromatic rings. The molecule has 0 spiro atoms. The Morgan fingerprint density at radius 3 is 2.13 bits per heavy atom. The minimum absolute atomic E-state index is 0. The number of fused-ring (bicyclic) bond motifs is 2. The van der Waals surface area contributed by atoms with Gasteiger partial charge in [0.15, 0.2) is 0 Å². The van der Waals surface area contributed by atoms with E-state index in [4.69, 9.17) is 11.5 Å². The van der Waals surface area contributed by atoms with Gasteiger partial charge in [0.05, 0.1) is 11.2 Å². The molecular weight excluding hydrogens is 520 g/mol. The Hall–Kier alpha value is -2.99. The highest BCUT2D eigenvalue weighted by Crippen LogP contribution is 2.44. The number of benzene rings is 1. The molecule has 210 valence electrons. The maximum absolute atomic E-state index is 12.9. The van der Waals surface area contributed by atoms with E-state index in [9.17, 15) is 14.4 Å². The average molecular weight is 557 g/mol. The molecule has 6 rings (SSSR count). The van der Waals surface area contributed by atoms with Crippen LogP contribution in [-0.4, -0.2) is 87.0 Å². The first-order valence-electron chi connectivity index (χ1n) is 13.4. The molecule has 3 aliphatic heterocycles. The molecule has 4 fully saturated rings. The van der Waals surface area contributed by atoms with Crippen LogP contribution < -0.4 is 22.5 Å². The van der Waals surface area contributed by atoms with Crippen LogP contribution in [0.1, 0.15) is 19.4 Å². The van der Waals surface area contributed by atoms with Gasteiger partial charge in [-0.1, -0.05) is 12.1 Å². The predicted octanol–water partition coefficient (Wildman–Crippen LogP) is 0.703. The van der Waals surface area contributed by atoms with Crippen LogP contribution in [0.25, 0.3) is 5.69 Å². The summed E-state index contributed by atoms with van der Waals surface area (Å²) in [5.74, 6) is 1.93. The zero-order valence-electron chi connectivity index (χ0n) is 22.3. The predicted molar refractivity (Wildman–Crippen MR) is 150 cm³/mol. The molecule has 11 nitrogen and oxygen atoms in total. The smallest absolute Gasteiger partial charge is 0.340 e. The number of nitrogens with one attached hydrogen (secondary N) is 1. The summed E-state index contributed by atoms with van der Waals surface area (Å²) >= 11 is 0. The van der Waals surface area contributed by atoms with Gasteiger partial charge in [-0.3, -0.25) is 19.6 Å². The standard InChI is InChI=1S/C27H36N8O3.ClH/c1-27(2,29)24(36)33-10-17-12-34(13-18(17)11-33)25(37)30-22-7-8-35(26(38)31-22)19-5-3-16(4-6-19)9-32-14-20-21(15-32)23(20)28;/h3-8,17-18,20-21,23H,9-15,28-29H2,1-2H3,(H,30,31,37,38);1H/t17-,18+,20?,21?,23?;. The van der Waals surface area contributed by atoms with Crippen molar-refractivity contribution in [3.8, 4) is 5.69 Å². The van der Waals surface area contributed by atoms with Gasteiger partial charge in [-0.25, -0.2) is 9.59 Å². The third-order valence-corrected chi connectivity index (χ3v) is 8.61. The van der Waals surface area contributed by atoms with E-state index in [1.54, 1.807) is 31.0 Å². The first-order valence-corrected chi connectivity index (χ1v) is 13.4. The third kappa shape index (κ3) is 5.41. The molecular formula is C27H37ClN8O3. The van der Waals surface area contributed by atoms with Gasteiger partial charge < -0.3 is 21.3 Å². The molecule has 39 heavy (non-hydrogen) atoms. The van der Waals surface area contributed by atoms with Gasteiger partial charge in [-0.05, 0) is 49.4 Å². The van der Waals surface area contributed by atoms with Crippen LogP contribution in [0.15, 0.2) is 41.3 Å². The maximum Gasteiger partial charge on any atom is 0.354 e. The summed E-state index contributed by atoms with van der Waals surface area (Å²) in [5.41, 5.74) is 12.6. The van der Waals surface area contributed by atoms with Gasteiger partial charge >= 0.3 is 11.7 Å². The quantitative estimate of drug-likeness (QED) is 0.492. The normalized spacial score (nSPS) is 27.6. The Morgan fingerprint density at radius 1 is 0.974 bits per heavy atom. The molecule has 1 aromatic carbocycles. The summed E-state index contributed by atoms with van der Waals surface area (Å²) in [7, 11) is 0. The average Bonchev–Trinajstić information content (AvgIpc) is 3.30. The SMILES string of the molecule is CC(C)(N)C(=O)N1C[C@H]2CN(C(=O)Nc3ccn(-c4ccc(CN5CC6C(N)C6C5)cc4)c(=O)n3)C[C@H]2C1.Cl. The first-order chi connectivity index (χ1) is 18.1. The van der Waals surface area contributed by atoms with E-state index in [1.807, 2.05) is 29.2 Å². The number of rotatable bonds is 5. The molecule has 4 heterocycles. The van der Waals surface area contributed by atoms with E-state index >= 15 is 0 Å². The number of carbonyl (C=O) groups is 2. The Bertz CT molecular complexity index is 1280. The number of halogens is 1. The number of aromatic nitrogens is 2. The van der Waals surface area contributed by atoms with Crippen molar-refractivity contribution in [2.75, 3.05) is 44.6 Å². The molecule has 0 radical (unpaired) electrons. The molecule has 4 atom stereocenters. The number of carbonyl (C=O) groups excluding carboxylic acids is 2. The topological polar surface area (TPSA) is 143 Å². The lowest BCUT2D eigenvalue weighted by Crippen LogP contribution is -2.51. The van der Waals surface area contributed by atoms with Gasteiger partial charge in [-0.15, -0.1) is 12.4 Å². The van der Waals surface area contributed by atoms with Crippen molar-refractivity contribution < 1.29 is 9.59 Å². The molecule has 1 aromatic heterocycles. The number of likely N-dealkylation sites (tertiary alicyclic amines) is 3. The second-order valence-corrected chi connectivity index (χ2v) is 12.0. The highest BCUT2D eigenvalue weighted by Gasteiger charge is 2.53. The summed E-state index contributed by atoms with van der Waals surface area (Å²) in [6.45, 7) is 8.76. The van der Waals surface area contributed by atoms with Crippen molar-refractivity contribution in [2.45, 2.75) is 32.0 Å². The zero-order chi connectivity index (χ0) is 26.8. The van der Waals surface area contributed by atoms with Gasteiger partial charge in [0.25, 0.3) is 0 Å². The van der Waals surface area contributed by atoms with E-state index in [-0.39, 0.29) is 42.0 Å². The van der Waals surface area contributed by atoms with Crippen LogP contribution in [0.2, 0.25) is 0 Å². The number of amides is 3. The molecule has 3 saturated heterocycles. The molecule has 3 amide bonds. The minimum Gasteiger partial charge on any atom is -0.340 e. The number of hydrogen-bond acceptors (Lipinski definition) is 7. The number of hydrogen-bond donors (Lipinski definition) is 3. The van der Waals surface area contributed by atoms with Gasteiger partial charge in [0, 0.05) is 69.9 Å². The van der Waals surface area contributed by atoms with Crippen molar-refractivity contribution in [3.63, 3.8) is 0 Å². The third-order valence-electron chi connectivity index (χ3n) is 8.61. The number of nitrogens with zero attached hydrogens (tertiary/aromatic N) is 5. The van der Waals surface area contributed by atoms with E-state index in [2.05, 4.69) is 15.2 Å². The maximum atomic E-state index is 12.9. The van der Waals surface area contributed by atoms with E-state index in [0.29, 0.717) is 44.1 Å². The van der Waals surface area contributed by atoms with Crippen LogP contribution in [-0.2, 0) is 11.3 Å². The fourth-order valence-corrected chi connectivity index (χ4v) is 6.40. The summed E-state index contributed by atoms with van der Waals surface area (Å²) < 4.78 is 1.47. The van der Waals surface area contributed by atoms with Gasteiger partial charge in [0.2, 0.25) is 5.91 Å². The number of nitrogens with two attached hydrogens (primary N) is 2. The van der Waals surface area contributed by atoms with Crippen molar-refractivity contribution in [1.82, 2.24) is 24.3 Å². The summed E-state index contributed by atoms with van der Waals surface area (Å²) in [4.78, 5) is 48.1. The highest BCUT2D eigenvalue weighted by molar-refractivity contribution is 5.89. The fraction of sp³-hybridized carbons (Fsp3) is 0.556. The van der Waals surface area contributed by atoms with Crippen LogP contribution in [0.4, 0.5) is 10.6 Å². The summed E-state index contributed by atoms with van der Waals surface area (Å²) in [6.07, 6.45) is 1.63. The zero-order valence-corrected chi connectivity index (χ0v) is 23.1.